The smallest absolute Gasteiger partial charge is 0.270 e. The van der Waals surface area contributed by atoms with Gasteiger partial charge in [-0.3, -0.25) is 9.20 Å². The van der Waals surface area contributed by atoms with E-state index in [4.69, 9.17) is 4.74 Å². The lowest BCUT2D eigenvalue weighted by Crippen LogP contribution is -2.41. The van der Waals surface area contributed by atoms with Crippen molar-refractivity contribution in [2.24, 2.45) is 5.92 Å². The Morgan fingerprint density at radius 1 is 1.46 bits per heavy atom. The van der Waals surface area contributed by atoms with Crippen LogP contribution in [0.4, 0.5) is 0 Å². The van der Waals surface area contributed by atoms with E-state index in [1.807, 2.05) is 29.0 Å². The number of nitrogens with one attached hydrogen (secondary N) is 1. The van der Waals surface area contributed by atoms with E-state index in [-0.39, 0.29) is 24.0 Å². The molecule has 3 aromatic rings. The molecule has 7 nitrogen and oxygen atoms in total. The number of aryl methyl sites for hydroxylation is 1. The minimum absolute atomic E-state index is 0.171. The number of carbonyl (C=O) groups excluding carboxylic acids is 1. The molecule has 3 aromatic heterocycles. The van der Waals surface area contributed by atoms with Crippen LogP contribution in [0.15, 0.2) is 29.9 Å². The highest BCUT2D eigenvalue weighted by Gasteiger charge is 2.36. The number of imidazole rings is 1. The van der Waals surface area contributed by atoms with Crippen molar-refractivity contribution in [2.75, 3.05) is 7.11 Å². The predicted molar refractivity (Wildman–Crippen MR) is 97.5 cm³/mol. The summed E-state index contributed by atoms with van der Waals surface area (Å²) in [6.07, 6.45) is 4.60. The molecule has 0 bridgehead atoms. The second-order valence-electron chi connectivity index (χ2n) is 6.57. The Balaban J connectivity index is 1.62. The van der Waals surface area contributed by atoms with E-state index in [0.29, 0.717) is 30.1 Å². The lowest BCUT2D eigenvalue weighted by atomic mass is 9.75. The Bertz CT molecular complexity index is 928. The van der Waals surface area contributed by atoms with E-state index in [2.05, 4.69) is 15.3 Å². The number of aliphatic hydroxyl groups excluding tert-OH is 1. The van der Waals surface area contributed by atoms with Crippen molar-refractivity contribution in [1.82, 2.24) is 19.7 Å². The van der Waals surface area contributed by atoms with Gasteiger partial charge in [0.2, 0.25) is 5.88 Å². The number of hydrogen-bond acceptors (Lipinski definition) is 6. The average molecular weight is 372 g/mol. The van der Waals surface area contributed by atoms with Crippen LogP contribution in [0, 0.1) is 12.8 Å². The lowest BCUT2D eigenvalue weighted by molar-refractivity contribution is 0.0234. The molecule has 1 fully saturated rings. The van der Waals surface area contributed by atoms with Crippen molar-refractivity contribution in [3.8, 4) is 5.88 Å². The molecular weight excluding hydrogens is 352 g/mol. The Hall–Kier alpha value is -2.45. The first-order chi connectivity index (χ1) is 12.6. The van der Waals surface area contributed by atoms with Crippen LogP contribution in [0.25, 0.3) is 4.96 Å². The minimum Gasteiger partial charge on any atom is -0.481 e. The monoisotopic (exact) mass is 372 g/mol. The Morgan fingerprint density at radius 2 is 2.27 bits per heavy atom. The van der Waals surface area contributed by atoms with Crippen LogP contribution >= 0.6 is 11.3 Å². The molecule has 0 aromatic carbocycles. The van der Waals surface area contributed by atoms with E-state index in [1.54, 1.807) is 19.4 Å². The molecule has 26 heavy (non-hydrogen) atoms. The fraction of sp³-hybridized carbons (Fsp3) is 0.389. The maximum Gasteiger partial charge on any atom is 0.270 e. The second-order valence-corrected chi connectivity index (χ2v) is 7.44. The van der Waals surface area contributed by atoms with Gasteiger partial charge in [0.1, 0.15) is 5.69 Å². The molecule has 3 heterocycles. The number of thiazole rings is 1. The zero-order chi connectivity index (χ0) is 18.3. The molecule has 8 heteroatoms. The fourth-order valence-electron chi connectivity index (χ4n) is 3.45. The lowest BCUT2D eigenvalue weighted by Gasteiger charge is -2.38. The normalized spacial score (nSPS) is 20.6. The Labute approximate surface area is 154 Å². The van der Waals surface area contributed by atoms with Gasteiger partial charge in [-0.25, -0.2) is 9.97 Å². The summed E-state index contributed by atoms with van der Waals surface area (Å²) in [6.45, 7) is 1.84. The third-order valence-corrected chi connectivity index (χ3v) is 5.64. The molecule has 0 saturated heterocycles. The summed E-state index contributed by atoms with van der Waals surface area (Å²) >= 11 is 1.50. The average Bonchev–Trinajstić information content (AvgIpc) is 3.17. The third-order valence-electron chi connectivity index (χ3n) is 4.89. The molecular formula is C18H20N4O3S. The number of carbonyl (C=O) groups is 1. The standard InChI is InChI=1S/C18H20N4O3S/c1-10-16(22-5-6-26-18(22)20-10)17(24)21-15(12-7-13(23)8-12)11-3-4-14(25-2)19-9-11/h3-6,9,12-13,15,23H,7-8H2,1-2H3,(H,21,24)/t12?,13?,15-/m1/s1. The van der Waals surface area contributed by atoms with Crippen molar-refractivity contribution in [3.05, 3.63) is 46.9 Å². The molecule has 0 spiro atoms. The van der Waals surface area contributed by atoms with Gasteiger partial charge in [0.25, 0.3) is 5.91 Å². The Kier molecular flexibility index (Phi) is 4.37. The van der Waals surface area contributed by atoms with Crippen LogP contribution in [-0.4, -0.2) is 38.6 Å². The van der Waals surface area contributed by atoms with Crippen LogP contribution in [0.5, 0.6) is 5.88 Å². The molecule has 0 radical (unpaired) electrons. The van der Waals surface area contributed by atoms with Crippen molar-refractivity contribution in [1.29, 1.82) is 0 Å². The van der Waals surface area contributed by atoms with Gasteiger partial charge in [0.15, 0.2) is 4.96 Å². The number of fused-ring (bicyclic) bond motifs is 1. The van der Waals surface area contributed by atoms with Crippen LogP contribution in [-0.2, 0) is 0 Å². The number of ether oxygens (including phenoxy) is 1. The number of aliphatic hydroxyl groups is 1. The summed E-state index contributed by atoms with van der Waals surface area (Å²) in [5.41, 5.74) is 2.15. The van der Waals surface area contributed by atoms with Gasteiger partial charge in [0.05, 0.1) is 24.9 Å². The zero-order valence-electron chi connectivity index (χ0n) is 14.5. The number of amides is 1. The minimum atomic E-state index is -0.300. The quantitative estimate of drug-likeness (QED) is 0.718. The van der Waals surface area contributed by atoms with Crippen molar-refractivity contribution >= 4 is 22.2 Å². The van der Waals surface area contributed by atoms with Gasteiger partial charge in [0, 0.05) is 23.8 Å². The van der Waals surface area contributed by atoms with Crippen LogP contribution in [0.3, 0.4) is 0 Å². The van der Waals surface area contributed by atoms with Gasteiger partial charge in [-0.1, -0.05) is 6.07 Å². The summed E-state index contributed by atoms with van der Waals surface area (Å²) in [7, 11) is 1.57. The first-order valence-electron chi connectivity index (χ1n) is 8.48. The molecule has 1 atom stereocenters. The highest BCUT2D eigenvalue weighted by molar-refractivity contribution is 7.15. The van der Waals surface area contributed by atoms with E-state index in [0.717, 1.165) is 10.5 Å². The van der Waals surface area contributed by atoms with Gasteiger partial charge in [-0.05, 0) is 31.2 Å². The van der Waals surface area contributed by atoms with E-state index in [9.17, 15) is 9.90 Å². The fourth-order valence-corrected chi connectivity index (χ4v) is 4.21. The number of hydrogen-bond donors (Lipinski definition) is 2. The van der Waals surface area contributed by atoms with E-state index in [1.165, 1.54) is 11.3 Å². The van der Waals surface area contributed by atoms with E-state index >= 15 is 0 Å². The summed E-state index contributed by atoms with van der Waals surface area (Å²) in [6, 6.07) is 3.48. The molecule has 1 aliphatic rings. The largest absolute Gasteiger partial charge is 0.481 e. The molecule has 2 N–H and O–H groups in total. The van der Waals surface area contributed by atoms with Crippen molar-refractivity contribution in [3.63, 3.8) is 0 Å². The van der Waals surface area contributed by atoms with Gasteiger partial charge < -0.3 is 15.2 Å². The van der Waals surface area contributed by atoms with Gasteiger partial charge in [-0.2, -0.15) is 0 Å². The number of rotatable bonds is 5. The predicted octanol–water partition coefficient (Wildman–Crippen LogP) is 2.35. The molecule has 1 saturated carbocycles. The maximum atomic E-state index is 13.0. The maximum absolute atomic E-state index is 13.0. The van der Waals surface area contributed by atoms with Gasteiger partial charge >= 0.3 is 0 Å². The van der Waals surface area contributed by atoms with Crippen molar-refractivity contribution < 1.29 is 14.6 Å². The highest BCUT2D eigenvalue weighted by Crippen LogP contribution is 2.38. The summed E-state index contributed by atoms with van der Waals surface area (Å²) < 4.78 is 6.93. The van der Waals surface area contributed by atoms with Crippen LogP contribution in [0.2, 0.25) is 0 Å². The van der Waals surface area contributed by atoms with Crippen molar-refractivity contribution in [2.45, 2.75) is 31.9 Å². The number of methoxy groups -OCH3 is 1. The molecule has 1 amide bonds. The molecule has 0 unspecified atom stereocenters. The molecule has 0 aliphatic heterocycles. The zero-order valence-corrected chi connectivity index (χ0v) is 15.4. The molecule has 1 aliphatic carbocycles. The Morgan fingerprint density at radius 3 is 2.92 bits per heavy atom. The topological polar surface area (TPSA) is 88.8 Å². The number of aromatic nitrogens is 3. The summed E-state index contributed by atoms with van der Waals surface area (Å²) in [5, 5.41) is 14.8. The second kappa shape index (κ2) is 6.69. The first kappa shape index (κ1) is 17.0. The SMILES string of the molecule is COc1ccc([C@@H](NC(=O)c2c(C)nc3sccn23)C2CC(O)C2)cn1. The summed E-state index contributed by atoms with van der Waals surface area (Å²) in [5.74, 6) is 0.532. The summed E-state index contributed by atoms with van der Waals surface area (Å²) in [4.78, 5) is 22.5. The highest BCUT2D eigenvalue weighted by atomic mass is 32.1. The van der Waals surface area contributed by atoms with E-state index < -0.39 is 0 Å². The number of nitrogens with zero attached hydrogens (tertiary/aromatic N) is 3. The van der Waals surface area contributed by atoms with Crippen LogP contribution in [0.1, 0.15) is 40.6 Å². The first-order valence-corrected chi connectivity index (χ1v) is 9.35. The van der Waals surface area contributed by atoms with Gasteiger partial charge in [-0.15, -0.1) is 11.3 Å². The molecule has 136 valence electrons. The third kappa shape index (κ3) is 2.95. The number of pyridine rings is 1. The van der Waals surface area contributed by atoms with Crippen LogP contribution < -0.4 is 10.1 Å². The molecule has 4 rings (SSSR count).